The molecule has 0 spiro atoms. The Morgan fingerprint density at radius 1 is 1.38 bits per heavy atom. The highest BCUT2D eigenvalue weighted by Gasteiger charge is 2.23. The van der Waals surface area contributed by atoms with Crippen molar-refractivity contribution in [1.29, 1.82) is 0 Å². The number of benzene rings is 1. The second-order valence-electron chi connectivity index (χ2n) is 8.48. The molecule has 2 aromatic rings. The van der Waals surface area contributed by atoms with Gasteiger partial charge in [-0.2, -0.15) is 5.10 Å². The van der Waals surface area contributed by atoms with E-state index in [1.54, 1.807) is 20.2 Å². The predicted molar refractivity (Wildman–Crippen MR) is 135 cm³/mol. The molecule has 2 heterocycles. The number of nitrogens with one attached hydrogen (secondary N) is 3. The van der Waals surface area contributed by atoms with E-state index >= 15 is 0 Å². The van der Waals surface area contributed by atoms with Crippen LogP contribution < -0.4 is 10.6 Å². The Morgan fingerprint density at radius 3 is 2.76 bits per heavy atom. The van der Waals surface area contributed by atoms with E-state index in [4.69, 9.17) is 6.42 Å². The molecule has 0 unspecified atom stereocenters. The molecular weight excluding hydrogens is 430 g/mol. The van der Waals surface area contributed by atoms with Gasteiger partial charge in [0.1, 0.15) is 0 Å². The van der Waals surface area contributed by atoms with Gasteiger partial charge < -0.3 is 15.5 Å². The SMILES string of the molecule is C#CCN1CCC(NC(=O)c2n[nH]c3ccc(/C(C)=C/C(=C\N=C)NC(=O)N(C)C)cc23)CC1. The van der Waals surface area contributed by atoms with E-state index in [1.165, 1.54) is 11.1 Å². The fourth-order valence-corrected chi connectivity index (χ4v) is 3.81. The molecule has 9 nitrogen and oxygen atoms in total. The van der Waals surface area contributed by atoms with Gasteiger partial charge in [-0.05, 0) is 55.8 Å². The minimum atomic E-state index is -0.270. The zero-order valence-electron chi connectivity index (χ0n) is 19.9. The minimum Gasteiger partial charge on any atom is -0.348 e. The van der Waals surface area contributed by atoms with Crippen molar-refractivity contribution < 1.29 is 9.59 Å². The van der Waals surface area contributed by atoms with Crippen molar-refractivity contribution in [3.05, 3.63) is 47.4 Å². The van der Waals surface area contributed by atoms with Crippen LogP contribution in [0.5, 0.6) is 0 Å². The molecule has 0 bridgehead atoms. The summed E-state index contributed by atoms with van der Waals surface area (Å²) in [7, 11) is 3.32. The molecule has 1 aliphatic heterocycles. The molecule has 1 aromatic heterocycles. The number of rotatable bonds is 7. The second kappa shape index (κ2) is 11.3. The number of urea groups is 1. The van der Waals surface area contributed by atoms with Crippen LogP contribution in [0.2, 0.25) is 0 Å². The van der Waals surface area contributed by atoms with E-state index in [-0.39, 0.29) is 18.0 Å². The molecule has 3 rings (SSSR count). The number of terminal acetylenes is 1. The zero-order valence-corrected chi connectivity index (χ0v) is 19.9. The third kappa shape index (κ3) is 6.11. The van der Waals surface area contributed by atoms with Crippen molar-refractivity contribution >= 4 is 35.1 Å². The van der Waals surface area contributed by atoms with Gasteiger partial charge in [-0.1, -0.05) is 12.0 Å². The number of piperidine rings is 1. The lowest BCUT2D eigenvalue weighted by atomic mass is 10.0. The first kappa shape index (κ1) is 24.7. The maximum Gasteiger partial charge on any atom is 0.321 e. The summed E-state index contributed by atoms with van der Waals surface area (Å²) >= 11 is 0. The number of fused-ring (bicyclic) bond motifs is 1. The third-order valence-corrected chi connectivity index (χ3v) is 5.73. The lowest BCUT2D eigenvalue weighted by Crippen LogP contribution is -2.44. The molecule has 3 amide bonds. The highest BCUT2D eigenvalue weighted by atomic mass is 16.2. The molecule has 1 fully saturated rings. The van der Waals surface area contributed by atoms with Crippen LogP contribution in [-0.2, 0) is 0 Å². The minimum absolute atomic E-state index is 0.0949. The van der Waals surface area contributed by atoms with Gasteiger partial charge in [0.2, 0.25) is 0 Å². The van der Waals surface area contributed by atoms with Gasteiger partial charge in [0.05, 0.1) is 17.8 Å². The molecule has 1 aromatic carbocycles. The molecular formula is C25H31N7O2. The van der Waals surface area contributed by atoms with Gasteiger partial charge in [-0.25, -0.2) is 4.79 Å². The smallest absolute Gasteiger partial charge is 0.321 e. The molecule has 1 aliphatic rings. The van der Waals surface area contributed by atoms with E-state index in [1.807, 2.05) is 25.1 Å². The number of hydrogen-bond acceptors (Lipinski definition) is 5. The Morgan fingerprint density at radius 2 is 2.12 bits per heavy atom. The van der Waals surface area contributed by atoms with Crippen LogP contribution in [0.1, 0.15) is 35.8 Å². The normalized spacial score (nSPS) is 15.6. The Bertz CT molecular complexity index is 1160. The highest BCUT2D eigenvalue weighted by molar-refractivity contribution is 6.05. The number of likely N-dealkylation sites (tertiary alicyclic amines) is 1. The molecule has 3 N–H and O–H groups in total. The Hall–Kier alpha value is -3.90. The largest absolute Gasteiger partial charge is 0.348 e. The van der Waals surface area contributed by atoms with Gasteiger partial charge in [0.25, 0.3) is 5.91 Å². The van der Waals surface area contributed by atoms with E-state index in [9.17, 15) is 9.59 Å². The Balaban J connectivity index is 1.78. The van der Waals surface area contributed by atoms with E-state index < -0.39 is 0 Å². The summed E-state index contributed by atoms with van der Waals surface area (Å²) in [4.78, 5) is 32.4. The molecule has 1 saturated heterocycles. The summed E-state index contributed by atoms with van der Waals surface area (Å²) in [5.41, 5.74) is 3.41. The molecule has 34 heavy (non-hydrogen) atoms. The lowest BCUT2D eigenvalue weighted by Gasteiger charge is -2.30. The summed E-state index contributed by atoms with van der Waals surface area (Å²) in [5.74, 6) is 2.47. The van der Waals surface area contributed by atoms with Gasteiger partial charge in [-0.3, -0.25) is 19.8 Å². The summed E-state index contributed by atoms with van der Waals surface area (Å²) in [6.07, 6.45) is 10.4. The predicted octanol–water partition coefficient (Wildman–Crippen LogP) is 2.61. The number of aliphatic imine (C=N–C) groups is 1. The van der Waals surface area contributed by atoms with Crippen molar-refractivity contribution in [2.45, 2.75) is 25.8 Å². The van der Waals surface area contributed by atoms with Crippen LogP contribution in [0.3, 0.4) is 0 Å². The van der Waals surface area contributed by atoms with Crippen LogP contribution in [0.4, 0.5) is 4.79 Å². The average molecular weight is 462 g/mol. The molecule has 0 atom stereocenters. The molecule has 0 saturated carbocycles. The van der Waals surface area contributed by atoms with Crippen LogP contribution in [-0.4, -0.2) is 78.4 Å². The number of aromatic amines is 1. The number of carbonyl (C=O) groups is 2. The van der Waals surface area contributed by atoms with Crippen molar-refractivity contribution in [3.63, 3.8) is 0 Å². The van der Waals surface area contributed by atoms with Crippen LogP contribution in [0.15, 0.2) is 41.2 Å². The summed E-state index contributed by atoms with van der Waals surface area (Å²) in [6.45, 7) is 7.76. The molecule has 178 valence electrons. The fraction of sp³-hybridized carbons (Fsp3) is 0.360. The number of aromatic nitrogens is 2. The van der Waals surface area contributed by atoms with Crippen molar-refractivity contribution in [1.82, 2.24) is 30.6 Å². The van der Waals surface area contributed by atoms with E-state index in [0.717, 1.165) is 48.0 Å². The first-order chi connectivity index (χ1) is 16.3. The second-order valence-corrected chi connectivity index (χ2v) is 8.48. The number of allylic oxidation sites excluding steroid dienone is 2. The van der Waals surface area contributed by atoms with Crippen molar-refractivity contribution in [2.24, 2.45) is 4.99 Å². The van der Waals surface area contributed by atoms with Gasteiger partial charge >= 0.3 is 6.03 Å². The van der Waals surface area contributed by atoms with Gasteiger partial charge in [-0.15, -0.1) is 6.42 Å². The fourth-order valence-electron chi connectivity index (χ4n) is 3.81. The van der Waals surface area contributed by atoms with Crippen LogP contribution in [0, 0.1) is 12.3 Å². The third-order valence-electron chi connectivity index (χ3n) is 5.73. The first-order valence-corrected chi connectivity index (χ1v) is 11.1. The number of hydrogen-bond donors (Lipinski definition) is 3. The number of nitrogens with zero attached hydrogens (tertiary/aromatic N) is 4. The number of H-pyrrole nitrogens is 1. The number of carbonyl (C=O) groups excluding carboxylic acids is 2. The molecule has 9 heteroatoms. The van der Waals surface area contributed by atoms with E-state index in [2.05, 4.69) is 43.4 Å². The van der Waals surface area contributed by atoms with Gasteiger partial charge in [0.15, 0.2) is 5.69 Å². The quantitative estimate of drug-likeness (QED) is 0.335. The topological polar surface area (TPSA) is 106 Å². The first-order valence-electron chi connectivity index (χ1n) is 11.1. The monoisotopic (exact) mass is 461 g/mol. The summed E-state index contributed by atoms with van der Waals surface area (Å²) < 4.78 is 0. The maximum atomic E-state index is 13.0. The Kier molecular flexibility index (Phi) is 8.22. The molecule has 0 aliphatic carbocycles. The molecule has 0 radical (unpaired) electrons. The van der Waals surface area contributed by atoms with Crippen molar-refractivity contribution in [2.75, 3.05) is 33.7 Å². The van der Waals surface area contributed by atoms with Crippen molar-refractivity contribution in [3.8, 4) is 12.3 Å². The summed E-state index contributed by atoms with van der Waals surface area (Å²) in [5, 5.41) is 13.8. The van der Waals surface area contributed by atoms with E-state index in [0.29, 0.717) is 17.9 Å². The van der Waals surface area contributed by atoms with Gasteiger partial charge in [0, 0.05) is 44.8 Å². The average Bonchev–Trinajstić information content (AvgIpc) is 3.24. The maximum absolute atomic E-state index is 13.0. The van der Waals surface area contributed by atoms with Crippen LogP contribution in [0.25, 0.3) is 16.5 Å². The Labute approximate surface area is 200 Å². The van der Waals surface area contributed by atoms with Crippen LogP contribution >= 0.6 is 0 Å². The standard InChI is InChI=1S/C25H31N7O2/c1-6-11-32-12-9-19(10-13-32)27-24(33)23-21-15-18(7-8-22(21)29-30-23)17(2)14-20(16-26-3)28-25(34)31(4)5/h1,7-8,14-16,19H,3,9-13H2,2,4-5H3,(H,27,33)(H,28,34)(H,29,30)/b17-14+,20-16+. The zero-order chi connectivity index (χ0) is 24.7. The highest BCUT2D eigenvalue weighted by Crippen LogP contribution is 2.23. The summed E-state index contributed by atoms with van der Waals surface area (Å²) in [6, 6.07) is 5.56. The number of amides is 3. The lowest BCUT2D eigenvalue weighted by molar-refractivity contribution is 0.0911.